The molecule has 3 amide bonds. The fourth-order valence-electron chi connectivity index (χ4n) is 0.526. The smallest absolute Gasteiger partial charge is 0.334 e. The highest BCUT2D eigenvalue weighted by Crippen LogP contribution is 1.94. The molecule has 0 unspecified atom stereocenters. The van der Waals surface area contributed by atoms with Gasteiger partial charge in [-0.05, 0) is 6.92 Å². The highest BCUT2D eigenvalue weighted by molar-refractivity contribution is 7.78. The molecule has 0 aliphatic rings. The van der Waals surface area contributed by atoms with Gasteiger partial charge in [0.1, 0.15) is 6.54 Å². The van der Waals surface area contributed by atoms with Crippen LogP contribution in [-0.2, 0) is 14.3 Å². The summed E-state index contributed by atoms with van der Waals surface area (Å²) in [6, 6.07) is -0.772. The van der Waals surface area contributed by atoms with Crippen LogP contribution in [-0.4, -0.2) is 35.9 Å². The molecule has 0 radical (unpaired) electrons. The van der Waals surface area contributed by atoms with E-state index in [1.807, 2.05) is 5.32 Å². The molecule has 0 aliphatic carbocycles. The zero-order chi connectivity index (χ0) is 10.3. The Morgan fingerprint density at radius 2 is 2.23 bits per heavy atom. The first-order valence-electron chi connectivity index (χ1n) is 3.48. The van der Waals surface area contributed by atoms with E-state index in [4.69, 9.17) is 0 Å². The highest BCUT2D eigenvalue weighted by Gasteiger charge is 2.13. The summed E-state index contributed by atoms with van der Waals surface area (Å²) < 4.78 is 5.29. The molecule has 0 fully saturated rings. The third-order valence-corrected chi connectivity index (χ3v) is 1.32. The second kappa shape index (κ2) is 6.30. The number of amides is 3. The van der Waals surface area contributed by atoms with Crippen LogP contribution in [0.5, 0.6) is 0 Å². The summed E-state index contributed by atoms with van der Waals surface area (Å²) in [6.07, 6.45) is 0.205. The zero-order valence-electron chi connectivity index (χ0n) is 7.02. The maximum absolute atomic E-state index is 10.8. The monoisotopic (exact) mass is 206 g/mol. The van der Waals surface area contributed by atoms with Gasteiger partial charge in [0.25, 0.3) is 0 Å². The van der Waals surface area contributed by atoms with Crippen molar-refractivity contribution in [3.05, 3.63) is 0 Å². The zero-order valence-corrected chi connectivity index (χ0v) is 7.91. The Labute approximate surface area is 80.8 Å². The second-order valence-corrected chi connectivity index (χ2v) is 2.41. The highest BCUT2D eigenvalue weighted by atomic mass is 32.1. The standard InChI is InChI=1S/C6H10N2O4S/c1-2-12-5(10)3-8(13)6(11)7-4-9/h4,13H,2-3H2,1H3,(H,7,9,11). The Bertz CT molecular complexity index is 209. The van der Waals surface area contributed by atoms with E-state index >= 15 is 0 Å². The third kappa shape index (κ3) is 5.07. The fourth-order valence-corrected chi connectivity index (χ4v) is 0.699. The average Bonchev–Trinajstić information content (AvgIpc) is 2.05. The van der Waals surface area contributed by atoms with Crippen LogP contribution in [0, 0.1) is 0 Å². The molecule has 0 aromatic rings. The van der Waals surface area contributed by atoms with Crippen LogP contribution in [0.25, 0.3) is 0 Å². The van der Waals surface area contributed by atoms with Gasteiger partial charge in [-0.15, -0.1) is 0 Å². The molecule has 0 aliphatic heterocycles. The summed E-state index contributed by atoms with van der Waals surface area (Å²) in [5.41, 5.74) is 0. The van der Waals surface area contributed by atoms with E-state index in [1.54, 1.807) is 6.92 Å². The fraction of sp³-hybridized carbons (Fsp3) is 0.500. The minimum absolute atomic E-state index is 0.205. The quantitative estimate of drug-likeness (QED) is 0.371. The Hall–Kier alpha value is -1.24. The molecule has 6 nitrogen and oxygen atoms in total. The number of thiol groups is 1. The molecular formula is C6H10N2O4S. The van der Waals surface area contributed by atoms with Gasteiger partial charge in [-0.25, -0.2) is 4.79 Å². The number of hydrogen-bond acceptors (Lipinski definition) is 5. The number of hydrogen-bond donors (Lipinski definition) is 2. The van der Waals surface area contributed by atoms with Crippen LogP contribution < -0.4 is 5.32 Å². The third-order valence-electron chi connectivity index (χ3n) is 1.00. The molecule has 0 heterocycles. The normalized spacial score (nSPS) is 8.77. The van der Waals surface area contributed by atoms with Gasteiger partial charge in [0.2, 0.25) is 6.41 Å². The predicted molar refractivity (Wildman–Crippen MR) is 46.9 cm³/mol. The van der Waals surface area contributed by atoms with Crippen LogP contribution >= 0.6 is 12.8 Å². The lowest BCUT2D eigenvalue weighted by molar-refractivity contribution is -0.142. The van der Waals surface area contributed by atoms with Crippen molar-refractivity contribution in [2.75, 3.05) is 13.2 Å². The molecule has 0 saturated carbocycles. The van der Waals surface area contributed by atoms with E-state index in [-0.39, 0.29) is 19.6 Å². The van der Waals surface area contributed by atoms with Crippen LogP contribution in [0.2, 0.25) is 0 Å². The molecule has 0 aromatic heterocycles. The molecule has 0 spiro atoms. The summed E-state index contributed by atoms with van der Waals surface area (Å²) >= 11 is 3.65. The number of nitrogens with one attached hydrogen (secondary N) is 1. The number of ether oxygens (including phenoxy) is 1. The predicted octanol–water partition coefficient (Wildman–Crippen LogP) is -0.438. The lowest BCUT2D eigenvalue weighted by Gasteiger charge is -2.12. The van der Waals surface area contributed by atoms with Crippen molar-refractivity contribution in [1.29, 1.82) is 0 Å². The molecular weight excluding hydrogens is 196 g/mol. The van der Waals surface area contributed by atoms with Gasteiger partial charge in [-0.1, -0.05) is 12.8 Å². The number of rotatable bonds is 4. The maximum atomic E-state index is 10.8. The van der Waals surface area contributed by atoms with E-state index in [1.165, 1.54) is 0 Å². The minimum atomic E-state index is -0.772. The van der Waals surface area contributed by atoms with Crippen molar-refractivity contribution >= 4 is 31.2 Å². The first kappa shape index (κ1) is 11.8. The number of nitrogens with zero attached hydrogens (tertiary/aromatic N) is 1. The van der Waals surface area contributed by atoms with Gasteiger partial charge in [0, 0.05) is 0 Å². The van der Waals surface area contributed by atoms with E-state index in [9.17, 15) is 14.4 Å². The lowest BCUT2D eigenvalue weighted by atomic mass is 10.6. The van der Waals surface area contributed by atoms with E-state index in [0.29, 0.717) is 0 Å². The van der Waals surface area contributed by atoms with Crippen molar-refractivity contribution < 1.29 is 19.1 Å². The van der Waals surface area contributed by atoms with Gasteiger partial charge in [-0.2, -0.15) is 0 Å². The lowest BCUT2D eigenvalue weighted by Crippen LogP contribution is -2.36. The number of carbonyl (C=O) groups is 3. The number of urea groups is 1. The summed E-state index contributed by atoms with van der Waals surface area (Å²) in [5, 5.41) is 1.82. The topological polar surface area (TPSA) is 75.7 Å². The van der Waals surface area contributed by atoms with Gasteiger partial charge in [-0.3, -0.25) is 19.2 Å². The maximum Gasteiger partial charge on any atom is 0.334 e. The van der Waals surface area contributed by atoms with Crippen molar-refractivity contribution in [2.24, 2.45) is 0 Å². The molecule has 7 heteroatoms. The summed E-state index contributed by atoms with van der Waals surface area (Å²) in [6.45, 7) is 1.57. The van der Waals surface area contributed by atoms with E-state index in [2.05, 4.69) is 17.6 Å². The van der Waals surface area contributed by atoms with Crippen molar-refractivity contribution in [3.8, 4) is 0 Å². The largest absolute Gasteiger partial charge is 0.465 e. The summed E-state index contributed by atoms with van der Waals surface area (Å²) in [4.78, 5) is 31.4. The van der Waals surface area contributed by atoms with Gasteiger partial charge < -0.3 is 4.74 Å². The van der Waals surface area contributed by atoms with Crippen LogP contribution in [0.4, 0.5) is 4.79 Å². The van der Waals surface area contributed by atoms with E-state index < -0.39 is 12.0 Å². The molecule has 0 saturated heterocycles. The van der Waals surface area contributed by atoms with Crippen molar-refractivity contribution in [3.63, 3.8) is 0 Å². The summed E-state index contributed by atoms with van der Waals surface area (Å²) in [7, 11) is 0. The first-order valence-corrected chi connectivity index (χ1v) is 3.88. The minimum Gasteiger partial charge on any atom is -0.465 e. The van der Waals surface area contributed by atoms with Crippen molar-refractivity contribution in [2.45, 2.75) is 6.92 Å². The molecule has 0 aromatic carbocycles. The van der Waals surface area contributed by atoms with Crippen molar-refractivity contribution in [1.82, 2.24) is 9.62 Å². The molecule has 0 atom stereocenters. The van der Waals surface area contributed by atoms with Crippen LogP contribution in [0.1, 0.15) is 6.92 Å². The Kier molecular flexibility index (Phi) is 5.69. The van der Waals surface area contributed by atoms with Crippen LogP contribution in [0.3, 0.4) is 0 Å². The summed E-state index contributed by atoms with van der Waals surface area (Å²) in [5.74, 6) is -0.585. The molecule has 1 N–H and O–H groups in total. The van der Waals surface area contributed by atoms with Crippen LogP contribution in [0.15, 0.2) is 0 Å². The molecule has 0 bridgehead atoms. The Morgan fingerprint density at radius 1 is 1.62 bits per heavy atom. The number of imide groups is 1. The van der Waals surface area contributed by atoms with E-state index in [0.717, 1.165) is 4.31 Å². The average molecular weight is 206 g/mol. The first-order chi connectivity index (χ1) is 6.11. The van der Waals surface area contributed by atoms with Gasteiger partial charge >= 0.3 is 12.0 Å². The van der Waals surface area contributed by atoms with Gasteiger partial charge in [0.15, 0.2) is 0 Å². The molecule has 0 rings (SSSR count). The van der Waals surface area contributed by atoms with Gasteiger partial charge in [0.05, 0.1) is 6.61 Å². The SMILES string of the molecule is CCOC(=O)CN(S)C(=O)NC=O. The molecule has 13 heavy (non-hydrogen) atoms. The Balaban J connectivity index is 3.84. The second-order valence-electron chi connectivity index (χ2n) is 1.93. The Morgan fingerprint density at radius 3 is 2.69 bits per heavy atom. The molecule has 74 valence electrons. The number of carbonyl (C=O) groups excluding carboxylic acids is 3. The number of esters is 1.